The molecular weight excluding hydrogens is 304 g/mol. The van der Waals surface area contributed by atoms with Gasteiger partial charge >= 0.3 is 0 Å². The Balaban J connectivity index is 1.38. The average Bonchev–Trinajstić information content (AvgIpc) is 3.10. The standard InChI is InChI=1S/C19H28N2O3/c1-15(20-11-5-6-12-20)9-10-19(22)21-13-16(14-21)24-18-8-4-3-7-17(18)23-2/h3-4,7-8,15-16H,5-6,9-14H2,1-2H3/t15-/m0/s1. The van der Waals surface area contributed by atoms with Gasteiger partial charge in [-0.3, -0.25) is 4.79 Å². The summed E-state index contributed by atoms with van der Waals surface area (Å²) in [7, 11) is 1.64. The topological polar surface area (TPSA) is 42.0 Å². The third kappa shape index (κ3) is 4.01. The number of likely N-dealkylation sites (tertiary alicyclic amines) is 2. The summed E-state index contributed by atoms with van der Waals surface area (Å²) in [5.41, 5.74) is 0. The second kappa shape index (κ2) is 7.88. The van der Waals surface area contributed by atoms with Crippen LogP contribution in [0.1, 0.15) is 32.6 Å². The lowest BCUT2D eigenvalue weighted by atomic mass is 10.1. The molecule has 0 radical (unpaired) electrons. The van der Waals surface area contributed by atoms with Gasteiger partial charge in [-0.15, -0.1) is 0 Å². The van der Waals surface area contributed by atoms with E-state index in [2.05, 4.69) is 11.8 Å². The fourth-order valence-electron chi connectivity index (χ4n) is 3.47. The van der Waals surface area contributed by atoms with Crippen molar-refractivity contribution < 1.29 is 14.3 Å². The van der Waals surface area contributed by atoms with E-state index < -0.39 is 0 Å². The fraction of sp³-hybridized carbons (Fsp3) is 0.632. The largest absolute Gasteiger partial charge is 0.493 e. The monoisotopic (exact) mass is 332 g/mol. The number of amides is 1. The Kier molecular flexibility index (Phi) is 5.61. The number of carbonyl (C=O) groups is 1. The number of rotatable bonds is 7. The molecule has 1 aromatic carbocycles. The number of nitrogens with zero attached hydrogens (tertiary/aromatic N) is 2. The van der Waals surface area contributed by atoms with Crippen LogP contribution in [0.5, 0.6) is 11.5 Å². The Morgan fingerprint density at radius 3 is 2.54 bits per heavy atom. The summed E-state index contributed by atoms with van der Waals surface area (Å²) >= 11 is 0. The Morgan fingerprint density at radius 1 is 1.21 bits per heavy atom. The Hall–Kier alpha value is -1.75. The van der Waals surface area contributed by atoms with Crippen LogP contribution < -0.4 is 9.47 Å². The van der Waals surface area contributed by atoms with E-state index in [1.165, 1.54) is 25.9 Å². The molecule has 132 valence electrons. The summed E-state index contributed by atoms with van der Waals surface area (Å²) in [6.07, 6.45) is 4.26. The van der Waals surface area contributed by atoms with Crippen LogP contribution in [0.25, 0.3) is 0 Å². The van der Waals surface area contributed by atoms with Gasteiger partial charge in [-0.1, -0.05) is 12.1 Å². The van der Waals surface area contributed by atoms with Crippen molar-refractivity contribution in [2.45, 2.75) is 44.8 Å². The minimum atomic E-state index is 0.0706. The first-order valence-electron chi connectivity index (χ1n) is 8.99. The first kappa shape index (κ1) is 17.1. The minimum Gasteiger partial charge on any atom is -0.493 e. The van der Waals surface area contributed by atoms with E-state index in [0.717, 1.165) is 17.9 Å². The SMILES string of the molecule is COc1ccccc1OC1CN(C(=O)CC[C@H](C)N2CCCC2)C1. The van der Waals surface area contributed by atoms with Crippen LogP contribution >= 0.6 is 0 Å². The van der Waals surface area contributed by atoms with E-state index in [4.69, 9.17) is 9.47 Å². The molecule has 1 atom stereocenters. The van der Waals surface area contributed by atoms with E-state index in [1.54, 1.807) is 7.11 Å². The molecule has 1 amide bonds. The minimum absolute atomic E-state index is 0.0706. The smallest absolute Gasteiger partial charge is 0.222 e. The number of ether oxygens (including phenoxy) is 2. The molecule has 5 heteroatoms. The molecule has 0 N–H and O–H groups in total. The Bertz CT molecular complexity index is 551. The number of methoxy groups -OCH3 is 1. The van der Waals surface area contributed by atoms with Gasteiger partial charge in [-0.05, 0) is 51.4 Å². The summed E-state index contributed by atoms with van der Waals surface area (Å²) in [6.45, 7) is 5.97. The van der Waals surface area contributed by atoms with Crippen LogP contribution in [0.2, 0.25) is 0 Å². The van der Waals surface area contributed by atoms with E-state index in [1.807, 2.05) is 29.2 Å². The molecule has 2 aliphatic heterocycles. The quantitative estimate of drug-likeness (QED) is 0.769. The Morgan fingerprint density at radius 2 is 1.88 bits per heavy atom. The Labute approximate surface area is 144 Å². The third-order valence-corrected chi connectivity index (χ3v) is 5.10. The highest BCUT2D eigenvalue weighted by Gasteiger charge is 2.32. The molecule has 0 saturated carbocycles. The van der Waals surface area contributed by atoms with Gasteiger partial charge in [-0.2, -0.15) is 0 Å². The van der Waals surface area contributed by atoms with Crippen LogP contribution in [0.15, 0.2) is 24.3 Å². The first-order valence-corrected chi connectivity index (χ1v) is 8.99. The van der Waals surface area contributed by atoms with Crippen molar-refractivity contribution in [3.63, 3.8) is 0 Å². The number of benzene rings is 1. The zero-order valence-electron chi connectivity index (χ0n) is 14.7. The lowest BCUT2D eigenvalue weighted by molar-refractivity contribution is -0.140. The van der Waals surface area contributed by atoms with Crippen molar-refractivity contribution in [3.05, 3.63) is 24.3 Å². The normalized spacial score (nSPS) is 19.8. The number of para-hydroxylation sites is 2. The highest BCUT2D eigenvalue weighted by Crippen LogP contribution is 2.29. The maximum Gasteiger partial charge on any atom is 0.222 e. The second-order valence-electron chi connectivity index (χ2n) is 6.82. The van der Waals surface area contributed by atoms with E-state index in [-0.39, 0.29) is 12.0 Å². The molecule has 5 nitrogen and oxygen atoms in total. The molecular formula is C19H28N2O3. The van der Waals surface area contributed by atoms with Crippen molar-refractivity contribution >= 4 is 5.91 Å². The summed E-state index contributed by atoms with van der Waals surface area (Å²) < 4.78 is 11.2. The fourth-order valence-corrected chi connectivity index (χ4v) is 3.47. The molecule has 2 fully saturated rings. The maximum absolute atomic E-state index is 12.3. The van der Waals surface area contributed by atoms with Gasteiger partial charge in [0.1, 0.15) is 6.10 Å². The molecule has 24 heavy (non-hydrogen) atoms. The molecule has 0 aromatic heterocycles. The highest BCUT2D eigenvalue weighted by atomic mass is 16.5. The molecule has 2 aliphatic rings. The number of hydrogen-bond acceptors (Lipinski definition) is 4. The van der Waals surface area contributed by atoms with Gasteiger partial charge < -0.3 is 19.3 Å². The van der Waals surface area contributed by atoms with Crippen molar-refractivity contribution in [2.75, 3.05) is 33.3 Å². The molecule has 3 rings (SSSR count). The van der Waals surface area contributed by atoms with Gasteiger partial charge in [0.2, 0.25) is 5.91 Å². The molecule has 0 bridgehead atoms. The maximum atomic E-state index is 12.3. The zero-order valence-corrected chi connectivity index (χ0v) is 14.7. The summed E-state index contributed by atoms with van der Waals surface area (Å²) in [5, 5.41) is 0. The van der Waals surface area contributed by atoms with Crippen LogP contribution in [-0.4, -0.2) is 61.1 Å². The number of hydrogen-bond donors (Lipinski definition) is 0. The molecule has 0 aliphatic carbocycles. The zero-order chi connectivity index (χ0) is 16.9. The first-order chi connectivity index (χ1) is 11.7. The van der Waals surface area contributed by atoms with Gasteiger partial charge in [-0.25, -0.2) is 0 Å². The van der Waals surface area contributed by atoms with Crippen molar-refractivity contribution in [3.8, 4) is 11.5 Å². The average molecular weight is 332 g/mol. The molecule has 2 heterocycles. The van der Waals surface area contributed by atoms with Gasteiger partial charge in [0.25, 0.3) is 0 Å². The van der Waals surface area contributed by atoms with Crippen LogP contribution in [0.3, 0.4) is 0 Å². The van der Waals surface area contributed by atoms with Gasteiger partial charge in [0.05, 0.1) is 20.2 Å². The lowest BCUT2D eigenvalue weighted by Gasteiger charge is -2.39. The molecule has 0 spiro atoms. The van der Waals surface area contributed by atoms with Crippen molar-refractivity contribution in [1.82, 2.24) is 9.80 Å². The van der Waals surface area contributed by atoms with E-state index in [9.17, 15) is 4.79 Å². The van der Waals surface area contributed by atoms with Gasteiger partial charge in [0.15, 0.2) is 11.5 Å². The summed E-state index contributed by atoms with van der Waals surface area (Å²) in [5.74, 6) is 1.74. The second-order valence-corrected chi connectivity index (χ2v) is 6.82. The number of carbonyl (C=O) groups excluding carboxylic acids is 1. The van der Waals surface area contributed by atoms with Crippen molar-refractivity contribution in [1.29, 1.82) is 0 Å². The highest BCUT2D eigenvalue weighted by molar-refractivity contribution is 5.77. The predicted octanol–water partition coefficient (Wildman–Crippen LogP) is 2.55. The van der Waals surface area contributed by atoms with Gasteiger partial charge in [0, 0.05) is 12.5 Å². The molecule has 0 unspecified atom stereocenters. The lowest BCUT2D eigenvalue weighted by Crippen LogP contribution is -2.56. The third-order valence-electron chi connectivity index (χ3n) is 5.10. The van der Waals surface area contributed by atoms with E-state index in [0.29, 0.717) is 25.6 Å². The van der Waals surface area contributed by atoms with Crippen molar-refractivity contribution in [2.24, 2.45) is 0 Å². The summed E-state index contributed by atoms with van der Waals surface area (Å²) in [6, 6.07) is 8.15. The van der Waals surface area contributed by atoms with Crippen LogP contribution in [-0.2, 0) is 4.79 Å². The molecule has 2 saturated heterocycles. The summed E-state index contributed by atoms with van der Waals surface area (Å²) in [4.78, 5) is 16.7. The van der Waals surface area contributed by atoms with Crippen LogP contribution in [0.4, 0.5) is 0 Å². The predicted molar refractivity (Wildman–Crippen MR) is 93.5 cm³/mol. The van der Waals surface area contributed by atoms with E-state index >= 15 is 0 Å². The van der Waals surface area contributed by atoms with Crippen LogP contribution in [0, 0.1) is 0 Å². The molecule has 1 aromatic rings.